The summed E-state index contributed by atoms with van der Waals surface area (Å²) < 4.78 is 1.60. The number of rotatable bonds is 6. The first kappa shape index (κ1) is 15.7. The number of tetrazole rings is 1. The maximum atomic E-state index is 9.40. The molecule has 7 heteroatoms. The highest BCUT2D eigenvalue weighted by molar-refractivity contribution is 5.83. The van der Waals surface area contributed by atoms with Crippen molar-refractivity contribution in [3.05, 3.63) is 59.4 Å². The summed E-state index contributed by atoms with van der Waals surface area (Å²) in [7, 11) is 0. The van der Waals surface area contributed by atoms with Crippen LogP contribution in [0, 0.1) is 0 Å². The van der Waals surface area contributed by atoms with Crippen molar-refractivity contribution in [2.75, 3.05) is 0 Å². The quantitative estimate of drug-likeness (QED) is 0.500. The molecule has 0 spiro atoms. The third-order valence-corrected chi connectivity index (χ3v) is 4.45. The van der Waals surface area contributed by atoms with Crippen molar-refractivity contribution < 1.29 is 5.11 Å². The van der Waals surface area contributed by atoms with Gasteiger partial charge in [-0.1, -0.05) is 18.2 Å². The number of aromatic nitrogens is 5. The van der Waals surface area contributed by atoms with Gasteiger partial charge < -0.3 is 15.4 Å². The van der Waals surface area contributed by atoms with Gasteiger partial charge in [-0.3, -0.25) is 0 Å². The van der Waals surface area contributed by atoms with Gasteiger partial charge >= 0.3 is 0 Å². The molecule has 3 heterocycles. The van der Waals surface area contributed by atoms with E-state index < -0.39 is 0 Å². The lowest BCUT2D eigenvalue weighted by atomic mass is 10.1. The first-order valence-corrected chi connectivity index (χ1v) is 8.33. The molecule has 4 aromatic rings. The lowest BCUT2D eigenvalue weighted by molar-refractivity contribution is 0.281. The molecule has 0 saturated carbocycles. The highest BCUT2D eigenvalue weighted by atomic mass is 16.3. The van der Waals surface area contributed by atoms with E-state index in [2.05, 4.69) is 57.1 Å². The average molecular weight is 336 g/mol. The molecule has 1 aromatic carbocycles. The first-order chi connectivity index (χ1) is 12.2. The summed E-state index contributed by atoms with van der Waals surface area (Å²) in [5, 5.41) is 25.9. The monoisotopic (exact) mass is 336 g/mol. The number of aromatic amines is 1. The van der Waals surface area contributed by atoms with Crippen LogP contribution in [0.2, 0.25) is 0 Å². The van der Waals surface area contributed by atoms with Crippen molar-refractivity contribution in [2.24, 2.45) is 0 Å². The van der Waals surface area contributed by atoms with E-state index >= 15 is 0 Å². The van der Waals surface area contributed by atoms with E-state index in [1.165, 1.54) is 10.9 Å². The van der Waals surface area contributed by atoms with Gasteiger partial charge in [0.1, 0.15) is 0 Å². The fourth-order valence-electron chi connectivity index (χ4n) is 3.18. The van der Waals surface area contributed by atoms with Gasteiger partial charge in [0.2, 0.25) is 0 Å². The number of nitrogens with zero attached hydrogens (tertiary/aromatic N) is 4. The van der Waals surface area contributed by atoms with Crippen molar-refractivity contribution in [1.82, 2.24) is 30.3 Å². The molecule has 0 amide bonds. The van der Waals surface area contributed by atoms with E-state index in [0.717, 1.165) is 23.1 Å². The Hall–Kier alpha value is -2.77. The minimum absolute atomic E-state index is 0.0340. The van der Waals surface area contributed by atoms with Crippen LogP contribution in [-0.2, 0) is 19.6 Å². The van der Waals surface area contributed by atoms with Gasteiger partial charge in [0.15, 0.2) is 5.65 Å². The summed E-state index contributed by atoms with van der Waals surface area (Å²) in [6.07, 6.45) is 4.75. The predicted octanol–water partition coefficient (Wildman–Crippen LogP) is 1.82. The van der Waals surface area contributed by atoms with Gasteiger partial charge in [0, 0.05) is 41.4 Å². The fourth-order valence-corrected chi connectivity index (χ4v) is 3.18. The van der Waals surface area contributed by atoms with Gasteiger partial charge in [-0.2, -0.15) is 4.52 Å². The summed E-state index contributed by atoms with van der Waals surface area (Å²) in [5.74, 6) is 0. The standard InChI is InChI=1S/C18H20N6O/c1-12(6-14-8-20-17-5-3-2-4-16(14)17)19-9-15-7-13(11-25)10-24-18(15)21-22-23-24/h2-5,7-8,10,12,19-20,25H,6,9,11H2,1H3/t12-/m1/s1. The molecule has 0 aliphatic heterocycles. The molecule has 0 bridgehead atoms. The zero-order chi connectivity index (χ0) is 17.2. The summed E-state index contributed by atoms with van der Waals surface area (Å²) >= 11 is 0. The number of aliphatic hydroxyl groups is 1. The Morgan fingerprint density at radius 2 is 2.16 bits per heavy atom. The minimum atomic E-state index is -0.0340. The number of aliphatic hydroxyl groups excluding tert-OH is 1. The van der Waals surface area contributed by atoms with Crippen LogP contribution in [0.4, 0.5) is 0 Å². The molecule has 0 radical (unpaired) electrons. The van der Waals surface area contributed by atoms with Gasteiger partial charge in [-0.05, 0) is 47.0 Å². The number of pyridine rings is 1. The number of nitrogens with one attached hydrogen (secondary N) is 2. The molecule has 7 nitrogen and oxygen atoms in total. The second-order valence-electron chi connectivity index (χ2n) is 6.32. The second-order valence-corrected chi connectivity index (χ2v) is 6.32. The minimum Gasteiger partial charge on any atom is -0.392 e. The molecule has 3 N–H and O–H groups in total. The third-order valence-electron chi connectivity index (χ3n) is 4.45. The Morgan fingerprint density at radius 1 is 1.28 bits per heavy atom. The topological polar surface area (TPSA) is 91.1 Å². The van der Waals surface area contributed by atoms with E-state index in [1.54, 1.807) is 10.7 Å². The van der Waals surface area contributed by atoms with Crippen LogP contribution in [0.1, 0.15) is 23.6 Å². The molecule has 128 valence electrons. The predicted molar refractivity (Wildman–Crippen MR) is 95.0 cm³/mol. The van der Waals surface area contributed by atoms with Crippen LogP contribution < -0.4 is 5.32 Å². The molecule has 0 saturated heterocycles. The number of hydrogen-bond acceptors (Lipinski definition) is 5. The molecule has 0 unspecified atom stereocenters. The van der Waals surface area contributed by atoms with Gasteiger partial charge in [0.05, 0.1) is 6.61 Å². The molecule has 1 atom stereocenters. The average Bonchev–Trinajstić information content (AvgIpc) is 3.26. The number of H-pyrrole nitrogens is 1. The van der Waals surface area contributed by atoms with Crippen molar-refractivity contribution >= 4 is 16.6 Å². The lowest BCUT2D eigenvalue weighted by Crippen LogP contribution is -2.27. The molecule has 0 aliphatic carbocycles. The van der Waals surface area contributed by atoms with Crippen molar-refractivity contribution in [1.29, 1.82) is 0 Å². The van der Waals surface area contributed by atoms with Gasteiger partial charge in [-0.25, -0.2) is 0 Å². The van der Waals surface area contributed by atoms with Crippen LogP contribution in [-0.4, -0.2) is 36.2 Å². The Kier molecular flexibility index (Phi) is 4.17. The smallest absolute Gasteiger partial charge is 0.183 e. The van der Waals surface area contributed by atoms with E-state index in [9.17, 15) is 5.11 Å². The summed E-state index contributed by atoms with van der Waals surface area (Å²) in [4.78, 5) is 3.32. The molecule has 3 aromatic heterocycles. The Balaban J connectivity index is 1.48. The van der Waals surface area contributed by atoms with Crippen LogP contribution in [0.25, 0.3) is 16.6 Å². The maximum Gasteiger partial charge on any atom is 0.183 e. The Labute approximate surface area is 144 Å². The van der Waals surface area contributed by atoms with Crippen LogP contribution in [0.3, 0.4) is 0 Å². The van der Waals surface area contributed by atoms with Gasteiger partial charge in [0.25, 0.3) is 0 Å². The first-order valence-electron chi connectivity index (χ1n) is 8.33. The van der Waals surface area contributed by atoms with Gasteiger partial charge in [-0.15, -0.1) is 5.10 Å². The maximum absolute atomic E-state index is 9.40. The van der Waals surface area contributed by atoms with Crippen molar-refractivity contribution in [2.45, 2.75) is 32.5 Å². The summed E-state index contributed by atoms with van der Waals surface area (Å²) in [6.45, 7) is 2.77. The van der Waals surface area contributed by atoms with Crippen molar-refractivity contribution in [3.8, 4) is 0 Å². The van der Waals surface area contributed by atoms with Crippen LogP contribution in [0.5, 0.6) is 0 Å². The molecular formula is C18H20N6O. The normalized spacial score (nSPS) is 12.9. The fraction of sp³-hybridized carbons (Fsp3) is 0.278. The van der Waals surface area contributed by atoms with E-state index in [4.69, 9.17) is 0 Å². The Bertz CT molecular complexity index is 1010. The van der Waals surface area contributed by atoms with E-state index in [0.29, 0.717) is 12.2 Å². The number of fused-ring (bicyclic) bond motifs is 2. The van der Waals surface area contributed by atoms with Crippen LogP contribution >= 0.6 is 0 Å². The number of para-hydroxylation sites is 1. The highest BCUT2D eigenvalue weighted by Gasteiger charge is 2.11. The largest absolute Gasteiger partial charge is 0.392 e. The van der Waals surface area contributed by atoms with Crippen molar-refractivity contribution in [3.63, 3.8) is 0 Å². The Morgan fingerprint density at radius 3 is 3.04 bits per heavy atom. The second kappa shape index (κ2) is 6.62. The zero-order valence-corrected chi connectivity index (χ0v) is 14.0. The summed E-state index contributed by atoms with van der Waals surface area (Å²) in [6, 6.07) is 10.6. The molecule has 25 heavy (non-hydrogen) atoms. The number of benzene rings is 1. The number of hydrogen-bond donors (Lipinski definition) is 3. The molecule has 0 fully saturated rings. The zero-order valence-electron chi connectivity index (χ0n) is 14.0. The third kappa shape index (κ3) is 3.11. The SMILES string of the molecule is C[C@H](Cc1c[nH]c2ccccc12)NCc1cc(CO)cn2nnnc12. The van der Waals surface area contributed by atoms with Crippen LogP contribution in [0.15, 0.2) is 42.7 Å². The molecular weight excluding hydrogens is 316 g/mol. The highest BCUT2D eigenvalue weighted by Crippen LogP contribution is 2.19. The lowest BCUT2D eigenvalue weighted by Gasteiger charge is -2.14. The summed E-state index contributed by atoms with van der Waals surface area (Å²) in [5.41, 5.74) is 4.94. The van der Waals surface area contributed by atoms with E-state index in [-0.39, 0.29) is 12.6 Å². The molecule has 4 rings (SSSR count). The molecule has 0 aliphatic rings. The van der Waals surface area contributed by atoms with E-state index in [1.807, 2.05) is 12.1 Å².